The maximum atomic E-state index is 12.6. The number of hydrogen-bond acceptors (Lipinski definition) is 5. The van der Waals surface area contributed by atoms with Crippen molar-refractivity contribution in [3.8, 4) is 0 Å². The quantitative estimate of drug-likeness (QED) is 0.842. The molecule has 0 N–H and O–H groups in total. The van der Waals surface area contributed by atoms with Crippen LogP contribution in [0.25, 0.3) is 0 Å². The number of thioether (sulfide) groups is 1. The van der Waals surface area contributed by atoms with Gasteiger partial charge in [-0.25, -0.2) is 0 Å². The number of carbonyl (C=O) groups excluding carboxylic acids is 1. The van der Waals surface area contributed by atoms with Gasteiger partial charge in [-0.3, -0.25) is 9.48 Å². The Morgan fingerprint density at radius 2 is 2.40 bits per heavy atom. The minimum Gasteiger partial charge on any atom is -0.351 e. The van der Waals surface area contributed by atoms with Gasteiger partial charge in [0.05, 0.1) is 17.9 Å². The highest BCUT2D eigenvalue weighted by Crippen LogP contribution is 2.30. The van der Waals surface area contributed by atoms with E-state index in [1.807, 2.05) is 43.0 Å². The third-order valence-corrected chi connectivity index (χ3v) is 4.36. The van der Waals surface area contributed by atoms with Crippen molar-refractivity contribution in [2.24, 2.45) is 7.05 Å². The molecule has 0 radical (unpaired) electrons. The predicted molar refractivity (Wildman–Crippen MR) is 75.6 cm³/mol. The lowest BCUT2D eigenvalue weighted by atomic mass is 10.1. The molecule has 1 aliphatic heterocycles. The van der Waals surface area contributed by atoms with Gasteiger partial charge in [0.2, 0.25) is 5.76 Å². The predicted octanol–water partition coefficient (Wildman–Crippen LogP) is 1.65. The summed E-state index contributed by atoms with van der Waals surface area (Å²) < 4.78 is 6.86. The van der Waals surface area contributed by atoms with E-state index < -0.39 is 0 Å². The Bertz CT molecular complexity index is 621. The number of aryl methyl sites for hydroxylation is 2. The van der Waals surface area contributed by atoms with Crippen molar-refractivity contribution in [3.63, 3.8) is 0 Å². The van der Waals surface area contributed by atoms with E-state index in [1.54, 1.807) is 10.7 Å². The third kappa shape index (κ3) is 2.45. The first-order chi connectivity index (χ1) is 9.65. The first-order valence-corrected chi connectivity index (χ1v) is 7.61. The normalized spacial score (nSPS) is 19.3. The van der Waals surface area contributed by atoms with Crippen molar-refractivity contribution in [2.45, 2.75) is 13.0 Å². The fourth-order valence-electron chi connectivity index (χ4n) is 2.34. The van der Waals surface area contributed by atoms with E-state index in [2.05, 4.69) is 10.3 Å². The van der Waals surface area contributed by atoms with Crippen LogP contribution in [0.5, 0.6) is 0 Å². The lowest BCUT2D eigenvalue weighted by Gasteiger charge is -2.34. The maximum Gasteiger partial charge on any atom is 0.293 e. The first-order valence-electron chi connectivity index (χ1n) is 6.46. The Kier molecular flexibility index (Phi) is 3.52. The molecule has 3 rings (SSSR count). The molecule has 0 aromatic carbocycles. The minimum absolute atomic E-state index is 0.0420. The van der Waals surface area contributed by atoms with Gasteiger partial charge in [0.1, 0.15) is 0 Å². The van der Waals surface area contributed by atoms with Crippen LogP contribution in [0.4, 0.5) is 0 Å². The number of amides is 1. The van der Waals surface area contributed by atoms with Gasteiger partial charge >= 0.3 is 0 Å². The highest BCUT2D eigenvalue weighted by Gasteiger charge is 2.31. The van der Waals surface area contributed by atoms with Gasteiger partial charge in [-0.05, 0) is 6.92 Å². The molecule has 2 aromatic rings. The fourth-order valence-corrected chi connectivity index (χ4v) is 3.43. The van der Waals surface area contributed by atoms with Crippen molar-refractivity contribution >= 4 is 17.7 Å². The Labute approximate surface area is 121 Å². The van der Waals surface area contributed by atoms with E-state index in [9.17, 15) is 4.79 Å². The van der Waals surface area contributed by atoms with Crippen LogP contribution in [0.2, 0.25) is 0 Å². The molecular formula is C13H16N4O2S. The Balaban J connectivity index is 1.87. The zero-order valence-electron chi connectivity index (χ0n) is 11.4. The molecular weight excluding hydrogens is 276 g/mol. The van der Waals surface area contributed by atoms with Crippen LogP contribution in [0, 0.1) is 6.92 Å². The highest BCUT2D eigenvalue weighted by molar-refractivity contribution is 7.99. The second-order valence-electron chi connectivity index (χ2n) is 4.87. The van der Waals surface area contributed by atoms with Crippen LogP contribution in [0.1, 0.15) is 27.9 Å². The van der Waals surface area contributed by atoms with E-state index in [0.717, 1.165) is 22.8 Å². The van der Waals surface area contributed by atoms with Crippen LogP contribution >= 0.6 is 11.8 Å². The van der Waals surface area contributed by atoms with Crippen molar-refractivity contribution in [1.29, 1.82) is 0 Å². The summed E-state index contributed by atoms with van der Waals surface area (Å²) in [6.45, 7) is 2.52. The Morgan fingerprint density at radius 1 is 1.55 bits per heavy atom. The van der Waals surface area contributed by atoms with Gasteiger partial charge in [-0.1, -0.05) is 5.16 Å². The van der Waals surface area contributed by atoms with Crippen LogP contribution < -0.4 is 0 Å². The van der Waals surface area contributed by atoms with Gasteiger partial charge in [-0.15, -0.1) is 0 Å². The van der Waals surface area contributed by atoms with Crippen molar-refractivity contribution in [1.82, 2.24) is 19.8 Å². The topological polar surface area (TPSA) is 64.2 Å². The molecule has 0 spiro atoms. The standard InChI is InChI=1S/C13H16N4O2S/c1-9-5-12(19-15-9)13(18)17-3-4-20-8-11(17)10-6-14-16(2)7-10/h5-7,11H,3-4,8H2,1-2H3/t11-/m1/s1. The molecule has 0 unspecified atom stereocenters. The van der Waals surface area contributed by atoms with Crippen molar-refractivity contribution in [2.75, 3.05) is 18.1 Å². The Hall–Kier alpha value is -1.76. The second kappa shape index (κ2) is 5.32. The first kappa shape index (κ1) is 13.2. The zero-order valence-corrected chi connectivity index (χ0v) is 12.3. The summed E-state index contributed by atoms with van der Waals surface area (Å²) in [6, 6.07) is 1.73. The van der Waals surface area contributed by atoms with E-state index in [1.165, 1.54) is 0 Å². The van der Waals surface area contributed by atoms with E-state index in [0.29, 0.717) is 12.3 Å². The van der Waals surface area contributed by atoms with Gasteiger partial charge < -0.3 is 9.42 Å². The smallest absolute Gasteiger partial charge is 0.293 e. The number of aromatic nitrogens is 3. The maximum absolute atomic E-state index is 12.6. The lowest BCUT2D eigenvalue weighted by molar-refractivity contribution is 0.0658. The number of nitrogens with zero attached hydrogens (tertiary/aromatic N) is 4. The average molecular weight is 292 g/mol. The van der Waals surface area contributed by atoms with Crippen LogP contribution in [-0.4, -0.2) is 43.8 Å². The molecule has 0 saturated carbocycles. The lowest BCUT2D eigenvalue weighted by Crippen LogP contribution is -2.40. The molecule has 6 nitrogen and oxygen atoms in total. The number of hydrogen-bond donors (Lipinski definition) is 0. The summed E-state index contributed by atoms with van der Waals surface area (Å²) in [6.07, 6.45) is 3.78. The molecule has 1 atom stereocenters. The van der Waals surface area contributed by atoms with Crippen LogP contribution in [0.15, 0.2) is 23.0 Å². The summed E-state index contributed by atoms with van der Waals surface area (Å²) in [7, 11) is 1.88. The molecule has 3 heterocycles. The average Bonchev–Trinajstić information content (AvgIpc) is 3.07. The fraction of sp³-hybridized carbons (Fsp3) is 0.462. The third-order valence-electron chi connectivity index (χ3n) is 3.34. The monoisotopic (exact) mass is 292 g/mol. The minimum atomic E-state index is -0.0975. The van der Waals surface area contributed by atoms with E-state index >= 15 is 0 Å². The van der Waals surface area contributed by atoms with E-state index in [4.69, 9.17) is 4.52 Å². The summed E-state index contributed by atoms with van der Waals surface area (Å²) in [5, 5.41) is 7.99. The van der Waals surface area contributed by atoms with Gasteiger partial charge in [0.25, 0.3) is 5.91 Å². The van der Waals surface area contributed by atoms with Crippen molar-refractivity contribution in [3.05, 3.63) is 35.5 Å². The molecule has 1 aliphatic rings. The van der Waals surface area contributed by atoms with Crippen LogP contribution in [-0.2, 0) is 7.05 Å². The SMILES string of the molecule is Cc1cc(C(=O)N2CCSC[C@@H]2c2cnn(C)c2)on1. The summed E-state index contributed by atoms with van der Waals surface area (Å²) in [4.78, 5) is 14.4. The van der Waals surface area contributed by atoms with Crippen molar-refractivity contribution < 1.29 is 9.32 Å². The van der Waals surface area contributed by atoms with Gasteiger partial charge in [0, 0.05) is 42.9 Å². The van der Waals surface area contributed by atoms with E-state index in [-0.39, 0.29) is 11.9 Å². The zero-order chi connectivity index (χ0) is 14.1. The summed E-state index contributed by atoms with van der Waals surface area (Å²) >= 11 is 1.85. The number of carbonyl (C=O) groups is 1. The van der Waals surface area contributed by atoms with Gasteiger partial charge in [0.15, 0.2) is 0 Å². The number of rotatable bonds is 2. The summed E-state index contributed by atoms with van der Waals surface area (Å²) in [5.74, 6) is 2.03. The second-order valence-corrected chi connectivity index (χ2v) is 6.02. The van der Waals surface area contributed by atoms with Crippen LogP contribution in [0.3, 0.4) is 0 Å². The van der Waals surface area contributed by atoms with Gasteiger partial charge in [-0.2, -0.15) is 16.9 Å². The molecule has 1 fully saturated rings. The molecule has 106 valence electrons. The summed E-state index contributed by atoms with van der Waals surface area (Å²) in [5.41, 5.74) is 1.78. The molecule has 20 heavy (non-hydrogen) atoms. The molecule has 0 bridgehead atoms. The molecule has 1 saturated heterocycles. The molecule has 1 amide bonds. The molecule has 2 aromatic heterocycles. The Morgan fingerprint density at radius 3 is 3.05 bits per heavy atom. The largest absolute Gasteiger partial charge is 0.351 e. The molecule has 0 aliphatic carbocycles. The highest BCUT2D eigenvalue weighted by atomic mass is 32.2. The molecule has 7 heteroatoms.